The summed E-state index contributed by atoms with van der Waals surface area (Å²) in [4.78, 5) is 42.3. The van der Waals surface area contributed by atoms with Crippen LogP contribution in [0.4, 0.5) is 10.5 Å². The van der Waals surface area contributed by atoms with Crippen LogP contribution in [0.3, 0.4) is 0 Å². The van der Waals surface area contributed by atoms with Gasteiger partial charge in [-0.2, -0.15) is 5.26 Å². The fourth-order valence-corrected chi connectivity index (χ4v) is 4.48. The average molecular weight is 587 g/mol. The molecule has 3 amide bonds. The van der Waals surface area contributed by atoms with Gasteiger partial charge in [0.25, 0.3) is 5.91 Å². The van der Waals surface area contributed by atoms with Gasteiger partial charge in [-0.05, 0) is 87.7 Å². The Bertz CT molecular complexity index is 1470. The zero-order chi connectivity index (χ0) is 31.7. The second-order valence-electron chi connectivity index (χ2n) is 11.2. The van der Waals surface area contributed by atoms with Gasteiger partial charge in [-0.1, -0.05) is 35.9 Å². The molecular formula is C33H38N4O6. The number of methoxy groups -OCH3 is 1. The van der Waals surface area contributed by atoms with Crippen molar-refractivity contribution in [2.75, 3.05) is 19.0 Å². The van der Waals surface area contributed by atoms with Crippen molar-refractivity contribution >= 4 is 23.6 Å². The van der Waals surface area contributed by atoms with Crippen molar-refractivity contribution in [2.24, 2.45) is 0 Å². The Morgan fingerprint density at radius 2 is 1.65 bits per heavy atom. The summed E-state index contributed by atoms with van der Waals surface area (Å²) in [6.45, 7) is 8.36. The molecule has 0 aliphatic rings. The second-order valence-corrected chi connectivity index (χ2v) is 11.2. The van der Waals surface area contributed by atoms with Crippen LogP contribution in [0.15, 0.2) is 66.7 Å². The molecule has 0 radical (unpaired) electrons. The number of amides is 3. The van der Waals surface area contributed by atoms with Crippen molar-refractivity contribution in [3.8, 4) is 17.6 Å². The number of phenols is 1. The molecule has 3 rings (SSSR count). The Morgan fingerprint density at radius 3 is 2.23 bits per heavy atom. The standard InChI is InChI=1S/C33H38N4O6/c1-21-7-8-22(2)27(19-21)29(30(39)35-24-11-15-26(42-6)16-12-24)37(18-17-34)31(40)28(36-32(41)43-33(3,4)5)20-23-9-13-25(38)14-10-23/h7-16,19,28-29,38H,18,20H2,1-6H3,(H,35,39)(H,36,41). The predicted molar refractivity (Wildman–Crippen MR) is 163 cm³/mol. The number of carbonyl (C=O) groups excluding carboxylic acids is 3. The van der Waals surface area contributed by atoms with E-state index in [-0.39, 0.29) is 12.2 Å². The highest BCUT2D eigenvalue weighted by molar-refractivity contribution is 5.99. The first kappa shape index (κ1) is 32.5. The summed E-state index contributed by atoms with van der Waals surface area (Å²) in [6, 6.07) is 18.1. The molecule has 3 aromatic carbocycles. The lowest BCUT2D eigenvalue weighted by molar-refractivity contribution is -0.140. The van der Waals surface area contributed by atoms with E-state index in [2.05, 4.69) is 10.6 Å². The Morgan fingerprint density at radius 1 is 1.00 bits per heavy atom. The number of hydrogen-bond donors (Lipinski definition) is 3. The lowest BCUT2D eigenvalue weighted by Crippen LogP contribution is -2.53. The maximum atomic E-state index is 14.3. The van der Waals surface area contributed by atoms with Gasteiger partial charge in [0.2, 0.25) is 5.91 Å². The first-order valence-corrected chi connectivity index (χ1v) is 13.8. The molecule has 0 spiro atoms. The zero-order valence-corrected chi connectivity index (χ0v) is 25.3. The van der Waals surface area contributed by atoms with Gasteiger partial charge in [-0.15, -0.1) is 0 Å². The minimum atomic E-state index is -1.21. The number of aryl methyl sites for hydroxylation is 2. The molecule has 0 saturated carbocycles. The van der Waals surface area contributed by atoms with Crippen LogP contribution in [-0.2, 0) is 20.7 Å². The molecule has 10 heteroatoms. The van der Waals surface area contributed by atoms with Gasteiger partial charge in [-0.3, -0.25) is 9.59 Å². The van der Waals surface area contributed by atoms with Crippen molar-refractivity contribution < 1.29 is 29.0 Å². The van der Waals surface area contributed by atoms with Crippen LogP contribution in [0.5, 0.6) is 11.5 Å². The lowest BCUT2D eigenvalue weighted by Gasteiger charge is -2.33. The van der Waals surface area contributed by atoms with E-state index in [1.165, 1.54) is 24.1 Å². The van der Waals surface area contributed by atoms with E-state index in [4.69, 9.17) is 9.47 Å². The van der Waals surface area contributed by atoms with Crippen LogP contribution in [-0.4, -0.2) is 53.2 Å². The highest BCUT2D eigenvalue weighted by atomic mass is 16.6. The lowest BCUT2D eigenvalue weighted by atomic mass is 9.95. The van der Waals surface area contributed by atoms with Crippen molar-refractivity contribution in [2.45, 2.75) is 58.7 Å². The Kier molecular flexibility index (Phi) is 10.7. The number of nitrogens with one attached hydrogen (secondary N) is 2. The molecule has 10 nitrogen and oxygen atoms in total. The SMILES string of the molecule is COc1ccc(NC(=O)C(c2cc(C)ccc2C)N(CC#N)C(=O)C(Cc2ccc(O)cc2)NC(=O)OC(C)(C)C)cc1. The van der Waals surface area contributed by atoms with Gasteiger partial charge >= 0.3 is 6.09 Å². The average Bonchev–Trinajstić information content (AvgIpc) is 2.94. The van der Waals surface area contributed by atoms with E-state index >= 15 is 0 Å². The first-order valence-electron chi connectivity index (χ1n) is 13.8. The molecule has 0 bridgehead atoms. The zero-order valence-electron chi connectivity index (χ0n) is 25.3. The number of hydrogen-bond acceptors (Lipinski definition) is 7. The second kappa shape index (κ2) is 14.2. The molecule has 0 heterocycles. The van der Waals surface area contributed by atoms with E-state index in [0.717, 1.165) is 11.1 Å². The summed E-state index contributed by atoms with van der Waals surface area (Å²) < 4.78 is 10.6. The number of carbonyl (C=O) groups is 3. The Balaban J connectivity index is 2.07. The largest absolute Gasteiger partial charge is 0.508 e. The van der Waals surface area contributed by atoms with Crippen molar-refractivity contribution in [3.63, 3.8) is 0 Å². The van der Waals surface area contributed by atoms with E-state index in [9.17, 15) is 24.8 Å². The van der Waals surface area contributed by atoms with Crippen LogP contribution in [0, 0.1) is 25.2 Å². The first-order chi connectivity index (χ1) is 20.3. The molecule has 0 aliphatic heterocycles. The van der Waals surface area contributed by atoms with Crippen molar-refractivity contribution in [1.29, 1.82) is 5.26 Å². The summed E-state index contributed by atoms with van der Waals surface area (Å²) >= 11 is 0. The van der Waals surface area contributed by atoms with Crippen LogP contribution in [0.2, 0.25) is 0 Å². The topological polar surface area (TPSA) is 141 Å². The van der Waals surface area contributed by atoms with E-state index < -0.39 is 42.1 Å². The third-order valence-corrected chi connectivity index (χ3v) is 6.54. The fourth-order valence-electron chi connectivity index (χ4n) is 4.48. The van der Waals surface area contributed by atoms with Crippen LogP contribution in [0.1, 0.15) is 49.1 Å². The minimum Gasteiger partial charge on any atom is -0.508 e. The number of rotatable bonds is 10. The van der Waals surface area contributed by atoms with Gasteiger partial charge in [-0.25, -0.2) is 4.79 Å². The van der Waals surface area contributed by atoms with Crippen molar-refractivity contribution in [3.05, 3.63) is 89.0 Å². The monoisotopic (exact) mass is 586 g/mol. The smallest absolute Gasteiger partial charge is 0.408 e. The highest BCUT2D eigenvalue weighted by Gasteiger charge is 2.37. The number of nitriles is 1. The van der Waals surface area contributed by atoms with Gasteiger partial charge in [0, 0.05) is 12.1 Å². The quantitative estimate of drug-likeness (QED) is 0.278. The summed E-state index contributed by atoms with van der Waals surface area (Å²) in [5, 5.41) is 25.1. The van der Waals surface area contributed by atoms with E-state index in [0.29, 0.717) is 22.6 Å². The number of nitrogens with zero attached hydrogens (tertiary/aromatic N) is 2. The number of aromatic hydroxyl groups is 1. The summed E-state index contributed by atoms with van der Waals surface area (Å²) in [6.07, 6.45) is -0.813. The molecule has 3 aromatic rings. The third-order valence-electron chi connectivity index (χ3n) is 6.54. The molecular weight excluding hydrogens is 548 g/mol. The molecule has 0 aliphatic carbocycles. The van der Waals surface area contributed by atoms with E-state index in [1.807, 2.05) is 38.1 Å². The van der Waals surface area contributed by atoms with E-state index in [1.54, 1.807) is 57.2 Å². The van der Waals surface area contributed by atoms with Crippen LogP contribution < -0.4 is 15.4 Å². The minimum absolute atomic E-state index is 0.0138. The highest BCUT2D eigenvalue weighted by Crippen LogP contribution is 2.29. The van der Waals surface area contributed by atoms with Gasteiger partial charge in [0.15, 0.2) is 0 Å². The number of alkyl carbamates (subject to hydrolysis) is 1. The molecule has 2 atom stereocenters. The van der Waals surface area contributed by atoms with Gasteiger partial charge in [0.1, 0.15) is 35.7 Å². The van der Waals surface area contributed by atoms with Crippen LogP contribution >= 0.6 is 0 Å². The van der Waals surface area contributed by atoms with Crippen LogP contribution in [0.25, 0.3) is 0 Å². The van der Waals surface area contributed by atoms with Crippen molar-refractivity contribution in [1.82, 2.24) is 10.2 Å². The summed E-state index contributed by atoms with van der Waals surface area (Å²) in [5.41, 5.74) is 2.41. The Labute approximate surface area is 252 Å². The summed E-state index contributed by atoms with van der Waals surface area (Å²) in [5.74, 6) is -0.543. The number of anilines is 1. The maximum Gasteiger partial charge on any atom is 0.408 e. The predicted octanol–water partition coefficient (Wildman–Crippen LogP) is 5.19. The number of phenolic OH excluding ortho intramolecular Hbond substituents is 1. The fraction of sp³-hybridized carbons (Fsp3) is 0.333. The molecule has 0 saturated heterocycles. The normalized spacial score (nSPS) is 12.3. The molecule has 0 aromatic heterocycles. The number of benzene rings is 3. The molecule has 3 N–H and O–H groups in total. The maximum absolute atomic E-state index is 14.3. The number of ether oxygens (including phenoxy) is 2. The molecule has 2 unspecified atom stereocenters. The summed E-state index contributed by atoms with van der Waals surface area (Å²) in [7, 11) is 1.54. The third kappa shape index (κ3) is 9.23. The molecule has 0 fully saturated rings. The van der Waals surface area contributed by atoms with Gasteiger partial charge < -0.3 is 30.1 Å². The molecule has 43 heavy (non-hydrogen) atoms. The van der Waals surface area contributed by atoms with Gasteiger partial charge in [0.05, 0.1) is 13.2 Å². The Hall–Kier alpha value is -5.04. The molecule has 226 valence electrons.